The summed E-state index contributed by atoms with van der Waals surface area (Å²) in [6, 6.07) is 3.83. The lowest BCUT2D eigenvalue weighted by Gasteiger charge is -2.27. The molecule has 22 heavy (non-hydrogen) atoms. The van der Waals surface area contributed by atoms with Gasteiger partial charge in [0.15, 0.2) is 0 Å². The molecule has 0 bridgehead atoms. The first-order chi connectivity index (χ1) is 10.8. The molecule has 120 valence electrons. The van der Waals surface area contributed by atoms with Crippen molar-refractivity contribution >= 4 is 7.12 Å². The van der Waals surface area contributed by atoms with Crippen LogP contribution in [-0.2, 0) is 17.8 Å². The Hall–Kier alpha value is -1.28. The van der Waals surface area contributed by atoms with Gasteiger partial charge in [0.05, 0.1) is 25.4 Å². The number of nitrogens with zero attached hydrogens (tertiary/aromatic N) is 1. The van der Waals surface area contributed by atoms with Gasteiger partial charge in [-0.1, -0.05) is 6.07 Å². The fourth-order valence-electron chi connectivity index (χ4n) is 2.87. The lowest BCUT2D eigenvalue weighted by Crippen LogP contribution is -2.38. The number of morpholine rings is 1. The van der Waals surface area contributed by atoms with Crippen LogP contribution in [0.5, 0.6) is 11.5 Å². The highest BCUT2D eigenvalue weighted by atomic mass is 16.5. The molecule has 6 nitrogen and oxygen atoms in total. The summed E-state index contributed by atoms with van der Waals surface area (Å²) < 4.78 is 16.6. The molecular formula is C15H22BNO5. The molecule has 0 unspecified atom stereocenters. The van der Waals surface area contributed by atoms with Gasteiger partial charge in [-0.3, -0.25) is 4.90 Å². The predicted octanol–water partition coefficient (Wildman–Crippen LogP) is 0.305. The van der Waals surface area contributed by atoms with Crippen LogP contribution in [-0.4, -0.2) is 61.6 Å². The van der Waals surface area contributed by atoms with Crippen LogP contribution < -0.4 is 9.39 Å². The van der Waals surface area contributed by atoms with E-state index < -0.39 is 7.12 Å². The van der Waals surface area contributed by atoms with E-state index in [4.69, 9.17) is 14.1 Å². The number of aliphatic hydroxyl groups is 1. The normalized spacial score (nSPS) is 18.7. The largest absolute Gasteiger partial charge is 0.536 e. The maximum atomic E-state index is 9.65. The van der Waals surface area contributed by atoms with Gasteiger partial charge in [-0.15, -0.1) is 0 Å². The van der Waals surface area contributed by atoms with E-state index >= 15 is 0 Å². The zero-order chi connectivity index (χ0) is 15.4. The maximum Gasteiger partial charge on any atom is 0.522 e. The number of fused-ring (bicyclic) bond motifs is 1. The molecule has 0 amide bonds. The van der Waals surface area contributed by atoms with Crippen LogP contribution in [0.4, 0.5) is 0 Å². The first-order valence-electron chi connectivity index (χ1n) is 7.81. The van der Waals surface area contributed by atoms with E-state index in [1.807, 2.05) is 12.1 Å². The van der Waals surface area contributed by atoms with Crippen LogP contribution in [0.15, 0.2) is 12.1 Å². The van der Waals surface area contributed by atoms with Crippen LogP contribution in [0.2, 0.25) is 6.32 Å². The molecule has 1 fully saturated rings. The Labute approximate surface area is 130 Å². The van der Waals surface area contributed by atoms with Crippen molar-refractivity contribution in [3.8, 4) is 11.5 Å². The molecule has 0 atom stereocenters. The number of ether oxygens (including phenoxy) is 2. The van der Waals surface area contributed by atoms with Crippen molar-refractivity contribution in [3.05, 3.63) is 23.3 Å². The molecule has 1 aromatic rings. The van der Waals surface area contributed by atoms with Crippen LogP contribution in [0.25, 0.3) is 0 Å². The number of hydrogen-bond donors (Lipinski definition) is 2. The quantitative estimate of drug-likeness (QED) is 0.763. The molecule has 7 heteroatoms. The molecular weight excluding hydrogens is 285 g/mol. The van der Waals surface area contributed by atoms with E-state index in [0.29, 0.717) is 30.0 Å². The Bertz CT molecular complexity index is 507. The van der Waals surface area contributed by atoms with Crippen molar-refractivity contribution in [1.82, 2.24) is 4.90 Å². The van der Waals surface area contributed by atoms with Crippen molar-refractivity contribution in [2.75, 3.05) is 39.5 Å². The summed E-state index contributed by atoms with van der Waals surface area (Å²) in [5, 5.41) is 19.3. The smallest absolute Gasteiger partial charge is 0.522 e. The van der Waals surface area contributed by atoms with E-state index in [0.717, 1.165) is 44.8 Å². The predicted molar refractivity (Wildman–Crippen MR) is 82.2 cm³/mol. The Balaban J connectivity index is 1.64. The van der Waals surface area contributed by atoms with Crippen LogP contribution >= 0.6 is 0 Å². The summed E-state index contributed by atoms with van der Waals surface area (Å²) in [5.41, 5.74) is 1.63. The second kappa shape index (κ2) is 7.33. The third-order valence-electron chi connectivity index (χ3n) is 4.14. The second-order valence-corrected chi connectivity index (χ2v) is 5.60. The minimum absolute atomic E-state index is 0.164. The van der Waals surface area contributed by atoms with E-state index in [1.165, 1.54) is 0 Å². The van der Waals surface area contributed by atoms with Gasteiger partial charge in [0.2, 0.25) is 0 Å². The summed E-state index contributed by atoms with van der Waals surface area (Å²) >= 11 is 0. The highest BCUT2D eigenvalue weighted by Crippen LogP contribution is 2.36. The van der Waals surface area contributed by atoms with Crippen LogP contribution in [0.1, 0.15) is 11.1 Å². The number of rotatable bonds is 5. The van der Waals surface area contributed by atoms with Gasteiger partial charge in [0.25, 0.3) is 0 Å². The summed E-state index contributed by atoms with van der Waals surface area (Å²) in [7, 11) is -0.804. The van der Waals surface area contributed by atoms with Gasteiger partial charge >= 0.3 is 7.12 Å². The third-order valence-corrected chi connectivity index (χ3v) is 4.14. The highest BCUT2D eigenvalue weighted by molar-refractivity contribution is 6.44. The van der Waals surface area contributed by atoms with Gasteiger partial charge in [0, 0.05) is 19.6 Å². The molecule has 0 spiro atoms. The molecule has 0 aromatic heterocycles. The van der Waals surface area contributed by atoms with Crippen LogP contribution in [0, 0.1) is 0 Å². The molecule has 2 N–H and O–H groups in total. The first-order valence-corrected chi connectivity index (χ1v) is 7.81. The Morgan fingerprint density at radius 2 is 2.09 bits per heavy atom. The fraction of sp³-hybridized carbons (Fsp3) is 0.600. The molecule has 2 aliphatic heterocycles. The zero-order valence-corrected chi connectivity index (χ0v) is 12.7. The summed E-state index contributed by atoms with van der Waals surface area (Å²) in [5.74, 6) is 1.20. The molecule has 2 aliphatic rings. The molecule has 0 radical (unpaired) electrons. The van der Waals surface area contributed by atoms with E-state index in [-0.39, 0.29) is 6.61 Å². The van der Waals surface area contributed by atoms with Gasteiger partial charge in [-0.25, -0.2) is 0 Å². The van der Waals surface area contributed by atoms with Crippen molar-refractivity contribution in [2.45, 2.75) is 19.3 Å². The molecule has 3 rings (SSSR count). The standard InChI is InChI=1S/C15H22BNO5/c18-11-13-14(21-10-7-17-5-8-20-9-6-17)2-1-12-3-4-16(19)22-15(12)13/h1-2,18-19H,3-11H2. The molecule has 1 aromatic carbocycles. The summed E-state index contributed by atoms with van der Waals surface area (Å²) in [6.45, 7) is 4.61. The van der Waals surface area contributed by atoms with Crippen molar-refractivity contribution in [3.63, 3.8) is 0 Å². The van der Waals surface area contributed by atoms with Crippen molar-refractivity contribution < 1.29 is 24.3 Å². The maximum absolute atomic E-state index is 9.65. The average molecular weight is 307 g/mol. The number of hydrogen-bond acceptors (Lipinski definition) is 6. The Morgan fingerprint density at radius 3 is 2.86 bits per heavy atom. The van der Waals surface area contributed by atoms with Crippen LogP contribution in [0.3, 0.4) is 0 Å². The zero-order valence-electron chi connectivity index (χ0n) is 12.7. The fourth-order valence-corrected chi connectivity index (χ4v) is 2.87. The van der Waals surface area contributed by atoms with Gasteiger partial charge in [0.1, 0.15) is 18.1 Å². The monoisotopic (exact) mass is 307 g/mol. The molecule has 2 heterocycles. The molecule has 1 saturated heterocycles. The number of aryl methyl sites for hydroxylation is 1. The summed E-state index contributed by atoms with van der Waals surface area (Å²) in [6.07, 6.45) is 1.33. The Kier molecular flexibility index (Phi) is 5.20. The highest BCUT2D eigenvalue weighted by Gasteiger charge is 2.27. The van der Waals surface area contributed by atoms with E-state index in [9.17, 15) is 10.1 Å². The number of aliphatic hydroxyl groups excluding tert-OH is 1. The molecule has 0 aliphatic carbocycles. The minimum Gasteiger partial charge on any atom is -0.536 e. The lowest BCUT2D eigenvalue weighted by molar-refractivity contribution is 0.0321. The van der Waals surface area contributed by atoms with E-state index in [1.54, 1.807) is 0 Å². The summed E-state index contributed by atoms with van der Waals surface area (Å²) in [4.78, 5) is 2.29. The number of benzene rings is 1. The topological polar surface area (TPSA) is 71.4 Å². The van der Waals surface area contributed by atoms with E-state index in [2.05, 4.69) is 4.90 Å². The minimum atomic E-state index is -0.804. The van der Waals surface area contributed by atoms with Gasteiger partial charge in [-0.2, -0.15) is 0 Å². The van der Waals surface area contributed by atoms with Crippen molar-refractivity contribution in [1.29, 1.82) is 0 Å². The second-order valence-electron chi connectivity index (χ2n) is 5.60. The Morgan fingerprint density at radius 1 is 1.27 bits per heavy atom. The average Bonchev–Trinajstić information content (AvgIpc) is 2.55. The SMILES string of the molecule is OCc1c(OCCN2CCOCC2)ccc2c1OB(O)CC2. The third kappa shape index (κ3) is 3.55. The van der Waals surface area contributed by atoms with Gasteiger partial charge in [-0.05, 0) is 24.4 Å². The van der Waals surface area contributed by atoms with Gasteiger partial charge < -0.3 is 24.3 Å². The molecule has 0 saturated carbocycles. The first kappa shape index (κ1) is 15.6. The lowest BCUT2D eigenvalue weighted by atomic mass is 9.78. The van der Waals surface area contributed by atoms with Crippen molar-refractivity contribution in [2.24, 2.45) is 0 Å².